The van der Waals surface area contributed by atoms with Gasteiger partial charge in [0.25, 0.3) is 0 Å². The van der Waals surface area contributed by atoms with Crippen molar-refractivity contribution in [3.05, 3.63) is 170 Å². The Kier molecular flexibility index (Phi) is 5.90. The minimum absolute atomic E-state index is 1.23. The van der Waals surface area contributed by atoms with Gasteiger partial charge >= 0.3 is 0 Å². The smallest absolute Gasteiger partial charge is 0.00201 e. The van der Waals surface area contributed by atoms with Gasteiger partial charge in [-0.05, 0) is 82.9 Å². The fraction of sp³-hybridized carbons (Fsp3) is 0. The first-order valence-electron chi connectivity index (χ1n) is 14.5. The number of hydrogen-bond donors (Lipinski definition) is 0. The predicted octanol–water partition coefficient (Wildman–Crippen LogP) is 11.8. The van der Waals surface area contributed by atoms with Crippen LogP contribution in [0.15, 0.2) is 170 Å². The molecule has 0 spiro atoms. The van der Waals surface area contributed by atoms with Crippen molar-refractivity contribution in [2.75, 3.05) is 0 Å². The third-order valence-electron chi connectivity index (χ3n) is 8.47. The Balaban J connectivity index is 1.48. The Morgan fingerprint density at radius 1 is 0.238 bits per heavy atom. The molecular formula is C42H28. The van der Waals surface area contributed by atoms with E-state index >= 15 is 0 Å². The molecule has 0 saturated carbocycles. The lowest BCUT2D eigenvalue weighted by Crippen LogP contribution is -1.93. The van der Waals surface area contributed by atoms with Crippen LogP contribution in [0.5, 0.6) is 0 Å². The summed E-state index contributed by atoms with van der Waals surface area (Å²) in [7, 11) is 0. The highest BCUT2D eigenvalue weighted by molar-refractivity contribution is 6.24. The summed E-state index contributed by atoms with van der Waals surface area (Å²) in [5, 5.41) is 7.60. The van der Waals surface area contributed by atoms with Crippen molar-refractivity contribution in [2.24, 2.45) is 0 Å². The molecule has 42 heavy (non-hydrogen) atoms. The molecule has 196 valence electrons. The average Bonchev–Trinajstić information content (AvgIpc) is 3.07. The minimum atomic E-state index is 1.23. The van der Waals surface area contributed by atoms with E-state index in [4.69, 9.17) is 0 Å². The van der Waals surface area contributed by atoms with Gasteiger partial charge in [-0.15, -0.1) is 0 Å². The van der Waals surface area contributed by atoms with Gasteiger partial charge in [0.05, 0.1) is 0 Å². The Morgan fingerprint density at radius 2 is 0.714 bits per heavy atom. The van der Waals surface area contributed by atoms with Gasteiger partial charge in [0.1, 0.15) is 0 Å². The third-order valence-corrected chi connectivity index (χ3v) is 8.47. The molecule has 0 saturated heterocycles. The SMILES string of the molecule is c1ccc(-c2ccc3cccc(-c4c5ccccc5c(-c5ccccc5-c5ccccc5)c5ccccc45)c3c2)cc1. The van der Waals surface area contributed by atoms with Crippen LogP contribution >= 0.6 is 0 Å². The van der Waals surface area contributed by atoms with E-state index in [1.165, 1.54) is 76.8 Å². The lowest BCUT2D eigenvalue weighted by Gasteiger charge is -2.20. The van der Waals surface area contributed by atoms with Crippen LogP contribution in [-0.4, -0.2) is 0 Å². The summed E-state index contributed by atoms with van der Waals surface area (Å²) < 4.78 is 0. The van der Waals surface area contributed by atoms with Crippen molar-refractivity contribution in [1.82, 2.24) is 0 Å². The maximum absolute atomic E-state index is 2.36. The highest BCUT2D eigenvalue weighted by atomic mass is 14.2. The molecular weight excluding hydrogens is 504 g/mol. The Hall–Kier alpha value is -5.46. The molecule has 0 fully saturated rings. The van der Waals surface area contributed by atoms with E-state index in [0.717, 1.165) is 0 Å². The highest BCUT2D eigenvalue weighted by Crippen LogP contribution is 2.47. The summed E-state index contributed by atoms with van der Waals surface area (Å²) in [5.74, 6) is 0. The molecule has 0 aliphatic heterocycles. The van der Waals surface area contributed by atoms with Gasteiger partial charge in [0, 0.05) is 0 Å². The molecule has 0 unspecified atom stereocenters. The van der Waals surface area contributed by atoms with Crippen molar-refractivity contribution >= 4 is 32.3 Å². The van der Waals surface area contributed by atoms with E-state index in [1.807, 2.05) is 0 Å². The van der Waals surface area contributed by atoms with Crippen molar-refractivity contribution in [1.29, 1.82) is 0 Å². The molecule has 0 aliphatic carbocycles. The number of fused-ring (bicyclic) bond motifs is 3. The summed E-state index contributed by atoms with van der Waals surface area (Å²) in [6.07, 6.45) is 0. The molecule has 0 amide bonds. The summed E-state index contributed by atoms with van der Waals surface area (Å²) in [6.45, 7) is 0. The zero-order valence-electron chi connectivity index (χ0n) is 23.2. The molecule has 0 atom stereocenters. The highest BCUT2D eigenvalue weighted by Gasteiger charge is 2.19. The van der Waals surface area contributed by atoms with Crippen LogP contribution < -0.4 is 0 Å². The largest absolute Gasteiger partial charge is 0.0622 e. The topological polar surface area (TPSA) is 0 Å². The monoisotopic (exact) mass is 532 g/mol. The summed E-state index contributed by atoms with van der Waals surface area (Å²) >= 11 is 0. The van der Waals surface area contributed by atoms with E-state index < -0.39 is 0 Å². The molecule has 0 heteroatoms. The second kappa shape index (κ2) is 10.2. The van der Waals surface area contributed by atoms with E-state index in [2.05, 4.69) is 170 Å². The van der Waals surface area contributed by atoms with Crippen LogP contribution in [0.3, 0.4) is 0 Å². The molecule has 8 aromatic carbocycles. The fourth-order valence-electron chi connectivity index (χ4n) is 6.58. The number of benzene rings is 8. The van der Waals surface area contributed by atoms with Crippen molar-refractivity contribution < 1.29 is 0 Å². The molecule has 0 aliphatic rings. The first kappa shape index (κ1) is 24.3. The second-order valence-electron chi connectivity index (χ2n) is 10.9. The summed E-state index contributed by atoms with van der Waals surface area (Å²) in [6, 6.07) is 61.7. The molecule has 0 aromatic heterocycles. The quantitative estimate of drug-likeness (QED) is 0.198. The van der Waals surface area contributed by atoms with E-state index in [1.54, 1.807) is 0 Å². The number of rotatable bonds is 4. The second-order valence-corrected chi connectivity index (χ2v) is 10.9. The van der Waals surface area contributed by atoms with Crippen molar-refractivity contribution in [3.63, 3.8) is 0 Å². The Labute approximate surface area is 246 Å². The van der Waals surface area contributed by atoms with Crippen LogP contribution in [0.25, 0.3) is 76.8 Å². The van der Waals surface area contributed by atoms with Gasteiger partial charge in [0.2, 0.25) is 0 Å². The van der Waals surface area contributed by atoms with E-state index in [9.17, 15) is 0 Å². The summed E-state index contributed by atoms with van der Waals surface area (Å²) in [4.78, 5) is 0. The van der Waals surface area contributed by atoms with Crippen LogP contribution in [-0.2, 0) is 0 Å². The first-order valence-corrected chi connectivity index (χ1v) is 14.5. The van der Waals surface area contributed by atoms with E-state index in [-0.39, 0.29) is 0 Å². The zero-order valence-corrected chi connectivity index (χ0v) is 23.2. The van der Waals surface area contributed by atoms with Crippen molar-refractivity contribution in [2.45, 2.75) is 0 Å². The van der Waals surface area contributed by atoms with Crippen LogP contribution in [0.4, 0.5) is 0 Å². The third kappa shape index (κ3) is 4.00. The van der Waals surface area contributed by atoms with Gasteiger partial charge in [-0.3, -0.25) is 0 Å². The van der Waals surface area contributed by atoms with Gasteiger partial charge in [-0.1, -0.05) is 164 Å². The standard InChI is InChI=1S/C42H28/c1-3-14-29(15-4-1)32-27-26-31-18-13-25-39(40(31)28-32)42-37-23-11-9-21-35(37)41(36-22-10-12-24-38(36)42)34-20-8-7-19-33(34)30-16-5-2-6-17-30/h1-28H. The first-order chi connectivity index (χ1) is 20.9. The van der Waals surface area contributed by atoms with Crippen molar-refractivity contribution in [3.8, 4) is 44.5 Å². The van der Waals surface area contributed by atoms with Gasteiger partial charge in [-0.25, -0.2) is 0 Å². The number of hydrogen-bond acceptors (Lipinski definition) is 0. The molecule has 0 nitrogen and oxygen atoms in total. The van der Waals surface area contributed by atoms with E-state index in [0.29, 0.717) is 0 Å². The van der Waals surface area contributed by atoms with Crippen LogP contribution in [0, 0.1) is 0 Å². The molecule has 0 heterocycles. The maximum Gasteiger partial charge on any atom is -0.00201 e. The minimum Gasteiger partial charge on any atom is -0.0622 e. The van der Waals surface area contributed by atoms with Gasteiger partial charge in [0.15, 0.2) is 0 Å². The maximum atomic E-state index is 2.36. The Morgan fingerprint density at radius 3 is 1.33 bits per heavy atom. The van der Waals surface area contributed by atoms with Crippen LogP contribution in [0.2, 0.25) is 0 Å². The average molecular weight is 533 g/mol. The molecule has 0 bridgehead atoms. The van der Waals surface area contributed by atoms with Gasteiger partial charge < -0.3 is 0 Å². The summed E-state index contributed by atoms with van der Waals surface area (Å²) in [5.41, 5.74) is 10.0. The molecule has 0 N–H and O–H groups in total. The fourth-order valence-corrected chi connectivity index (χ4v) is 6.58. The lowest BCUT2D eigenvalue weighted by atomic mass is 9.83. The molecule has 8 rings (SSSR count). The van der Waals surface area contributed by atoms with Gasteiger partial charge in [-0.2, -0.15) is 0 Å². The van der Waals surface area contributed by atoms with Crippen LogP contribution in [0.1, 0.15) is 0 Å². The molecule has 8 aromatic rings. The normalized spacial score (nSPS) is 11.3. The molecule has 0 radical (unpaired) electrons. The Bertz CT molecular complexity index is 2170. The zero-order chi connectivity index (χ0) is 27.9. The lowest BCUT2D eigenvalue weighted by molar-refractivity contribution is 1.61. The predicted molar refractivity (Wildman–Crippen MR) is 181 cm³/mol.